The van der Waals surface area contributed by atoms with Gasteiger partial charge in [0.1, 0.15) is 91.9 Å². The van der Waals surface area contributed by atoms with Crippen molar-refractivity contribution in [2.24, 2.45) is 11.3 Å². The molecule has 0 aromatic rings. The van der Waals surface area contributed by atoms with Crippen molar-refractivity contribution in [1.82, 2.24) is 26.6 Å². The van der Waals surface area contributed by atoms with Gasteiger partial charge in [-0.1, -0.05) is 40.0 Å². The van der Waals surface area contributed by atoms with Crippen molar-refractivity contribution < 1.29 is 127 Å². The molecule has 0 spiro atoms. The van der Waals surface area contributed by atoms with Crippen molar-refractivity contribution in [3.63, 3.8) is 0 Å². The zero-order valence-corrected chi connectivity index (χ0v) is 51.5. The number of nitrogens with one attached hydrogen (secondary N) is 5. The van der Waals surface area contributed by atoms with Gasteiger partial charge < -0.3 is 125 Å². The van der Waals surface area contributed by atoms with Gasteiger partial charge in [-0.2, -0.15) is 12.6 Å². The molecule has 87 heavy (non-hydrogen) atoms. The number of carboxylic acids is 1. The number of unbranched alkanes of at least 4 members (excludes halogenated alkanes) is 4. The Bertz CT molecular complexity index is 2180. The number of aliphatic hydroxyl groups excluding tert-OH is 8. The van der Waals surface area contributed by atoms with Gasteiger partial charge in [0.25, 0.3) is 0 Å². The summed E-state index contributed by atoms with van der Waals surface area (Å²) in [5.41, 5.74) is -1.87. The average Bonchev–Trinajstić information content (AvgIpc) is 1.05. The maximum absolute atomic E-state index is 14.0. The number of aliphatic hydroxyl groups is 8. The highest BCUT2D eigenvalue weighted by Gasteiger charge is 2.58. The molecular weight excluding hydrogens is 1180 g/mol. The lowest BCUT2D eigenvalue weighted by atomic mass is 9.71. The van der Waals surface area contributed by atoms with Gasteiger partial charge in [0.2, 0.25) is 29.5 Å². The summed E-state index contributed by atoms with van der Waals surface area (Å²) in [6.07, 6.45) is -27.9. The molecule has 20 atom stereocenters. The zero-order valence-electron chi connectivity index (χ0n) is 50.6. The fourth-order valence-electron chi connectivity index (χ4n) is 10.4. The second-order valence-electron chi connectivity index (χ2n) is 23.9. The van der Waals surface area contributed by atoms with E-state index in [1.54, 1.807) is 41.5 Å². The largest absolute Gasteiger partial charge is 0.547 e. The number of carbonyl (C=O) groups is 7. The predicted octanol–water partition coefficient (Wildman–Crippen LogP) is -5.22. The maximum Gasteiger partial charge on any atom is 0.305 e. The summed E-state index contributed by atoms with van der Waals surface area (Å²) in [6, 6.07) is -3.19. The molecule has 4 fully saturated rings. The number of carbonyl (C=O) groups excluding carboxylic acids is 7. The van der Waals surface area contributed by atoms with Crippen LogP contribution in [0.15, 0.2) is 0 Å². The molecule has 20 unspecified atom stereocenters. The van der Waals surface area contributed by atoms with Crippen LogP contribution < -0.4 is 31.7 Å². The highest BCUT2D eigenvalue weighted by atomic mass is 32.1. The highest BCUT2D eigenvalue weighted by Crippen LogP contribution is 2.41. The van der Waals surface area contributed by atoms with E-state index in [0.717, 1.165) is 33.1 Å². The van der Waals surface area contributed by atoms with Crippen molar-refractivity contribution in [3.8, 4) is 0 Å². The Hall–Kier alpha value is -4.04. The van der Waals surface area contributed by atoms with E-state index < -0.39 is 170 Å². The van der Waals surface area contributed by atoms with Crippen molar-refractivity contribution in [1.29, 1.82) is 0 Å². The number of carboxylic acid groups (broad SMARTS) is 1. The number of amides is 5. The van der Waals surface area contributed by atoms with E-state index in [0.29, 0.717) is 38.2 Å². The minimum Gasteiger partial charge on any atom is -0.547 e. The first-order chi connectivity index (χ1) is 40.9. The number of hydrogen-bond donors (Lipinski definition) is 14. The zero-order chi connectivity index (χ0) is 64.9. The molecule has 4 aliphatic rings. The third-order valence-electron chi connectivity index (χ3n) is 14.6. The standard InChI is InChI=1S/C55H95N5O26S/c1-27(63)59-35-44(37(68)29(25-61)79-50(35)84-46-40(71)42(73)53(85-47(46)49(75)76)83-45-36(60-28(2)64)51(86-55(6,7)8)80-30(26-62)38(45)69)82-52-41(72)39(70)34(54(3,4)5)43(81-52)48(74)58-19-14-18-56-31(65)15-12-10-9-11-13-16-33(67)78-23-22-77-21-20-57-32(66)17-24-87/h29-30,34-47,50-53,61-62,68-73,87H,9-26H2,1-8H3,(H,56,65)(H,57,66)(H,58,74)(H,59,63)(H,60,64)(H,75,76)/p-1. The average molecular weight is 1270 g/mol. The summed E-state index contributed by atoms with van der Waals surface area (Å²) < 4.78 is 57.7. The predicted molar refractivity (Wildman–Crippen MR) is 300 cm³/mol. The molecule has 31 nitrogen and oxygen atoms in total. The first-order valence-electron chi connectivity index (χ1n) is 29.4. The molecule has 0 aromatic heterocycles. The maximum atomic E-state index is 14.0. The summed E-state index contributed by atoms with van der Waals surface area (Å²) in [7, 11) is 0. The summed E-state index contributed by atoms with van der Waals surface area (Å²) in [4.78, 5) is 88.1. The highest BCUT2D eigenvalue weighted by molar-refractivity contribution is 7.80. The second kappa shape index (κ2) is 36.1. The van der Waals surface area contributed by atoms with Crippen molar-refractivity contribution >= 4 is 54.1 Å². The van der Waals surface area contributed by atoms with Crippen molar-refractivity contribution in [2.45, 2.75) is 235 Å². The van der Waals surface area contributed by atoms with Crippen LogP contribution in [-0.2, 0) is 80.9 Å². The van der Waals surface area contributed by atoms with Gasteiger partial charge in [-0.15, -0.1) is 0 Å². The Morgan fingerprint density at radius 3 is 1.56 bits per heavy atom. The summed E-state index contributed by atoms with van der Waals surface area (Å²) in [5, 5.41) is 116. The molecule has 502 valence electrons. The Morgan fingerprint density at radius 2 is 1.02 bits per heavy atom. The van der Waals surface area contributed by atoms with Gasteiger partial charge in [0.15, 0.2) is 25.2 Å². The third-order valence-corrected chi connectivity index (χ3v) is 14.8. The molecule has 5 amide bonds. The lowest BCUT2D eigenvalue weighted by Gasteiger charge is -2.51. The fourth-order valence-corrected chi connectivity index (χ4v) is 10.6. The van der Waals surface area contributed by atoms with E-state index in [4.69, 9.17) is 47.4 Å². The minimum absolute atomic E-state index is 0.0177. The monoisotopic (exact) mass is 1270 g/mol. The van der Waals surface area contributed by atoms with Gasteiger partial charge in [-0.3, -0.25) is 28.8 Å². The van der Waals surface area contributed by atoms with Crippen LogP contribution in [0.2, 0.25) is 0 Å². The minimum atomic E-state index is -2.40. The van der Waals surface area contributed by atoms with Crippen LogP contribution in [0.25, 0.3) is 0 Å². The molecule has 0 bridgehead atoms. The normalized spacial score (nSPS) is 33.0. The summed E-state index contributed by atoms with van der Waals surface area (Å²) in [5.74, 6) is -5.65. The van der Waals surface area contributed by atoms with Crippen LogP contribution >= 0.6 is 12.6 Å². The molecule has 32 heteroatoms. The number of esters is 1. The molecular formula is C55H94N5O26S-. The topological polar surface area (TPSA) is 457 Å². The molecule has 0 radical (unpaired) electrons. The van der Waals surface area contributed by atoms with E-state index >= 15 is 0 Å². The molecule has 0 aliphatic carbocycles. The van der Waals surface area contributed by atoms with Crippen molar-refractivity contribution in [3.05, 3.63) is 0 Å². The van der Waals surface area contributed by atoms with E-state index in [1.807, 2.05) is 0 Å². The van der Waals surface area contributed by atoms with Crippen molar-refractivity contribution in [2.75, 3.05) is 58.4 Å². The molecule has 4 heterocycles. The Kier molecular flexibility index (Phi) is 31.3. The van der Waals surface area contributed by atoms with Crippen LogP contribution in [0.1, 0.15) is 113 Å². The summed E-state index contributed by atoms with van der Waals surface area (Å²) in [6.45, 7) is 11.5. The molecule has 0 aromatic carbocycles. The van der Waals surface area contributed by atoms with E-state index in [1.165, 1.54) is 0 Å². The van der Waals surface area contributed by atoms with E-state index in [-0.39, 0.29) is 63.3 Å². The number of rotatable bonds is 33. The quantitative estimate of drug-likeness (QED) is 0.0166. The van der Waals surface area contributed by atoms with Crippen LogP contribution in [0, 0.1) is 11.3 Å². The number of aliphatic carboxylic acids is 1. The van der Waals surface area contributed by atoms with Crippen LogP contribution in [0.4, 0.5) is 0 Å². The van der Waals surface area contributed by atoms with Crippen LogP contribution in [0.3, 0.4) is 0 Å². The molecule has 4 rings (SSSR count). The van der Waals surface area contributed by atoms with Crippen LogP contribution in [-0.4, -0.2) is 263 Å². The van der Waals surface area contributed by atoms with Gasteiger partial charge in [0.05, 0.1) is 44.1 Å². The summed E-state index contributed by atoms with van der Waals surface area (Å²) >= 11 is 4.00. The molecule has 4 aliphatic heterocycles. The number of thiol groups is 1. The smallest absolute Gasteiger partial charge is 0.305 e. The van der Waals surface area contributed by atoms with Crippen LogP contribution in [0.5, 0.6) is 0 Å². The van der Waals surface area contributed by atoms with E-state index in [9.17, 15) is 79.5 Å². The lowest BCUT2D eigenvalue weighted by molar-refractivity contribution is -0.385. The molecule has 0 saturated carbocycles. The number of hydrogen-bond acceptors (Lipinski definition) is 27. The molecule has 13 N–H and O–H groups in total. The van der Waals surface area contributed by atoms with Gasteiger partial charge in [-0.05, 0) is 51.2 Å². The third kappa shape index (κ3) is 23.3. The molecule has 4 saturated heterocycles. The lowest BCUT2D eigenvalue weighted by Crippen LogP contribution is -2.71. The first-order valence-corrected chi connectivity index (χ1v) is 30.0. The second-order valence-corrected chi connectivity index (χ2v) is 24.3. The van der Waals surface area contributed by atoms with Gasteiger partial charge in [-0.25, -0.2) is 0 Å². The number of ether oxygens (including phenoxy) is 10. The Morgan fingerprint density at radius 1 is 0.529 bits per heavy atom. The SMILES string of the molecule is CC(=O)NC1C(OC(C)(C)C)OC(CO)C(O)C1OC1OC(C(=O)[O-])C(OC2OC(CO)C(O)C(OC3OC(C(=O)NCCCNC(=O)CCCCCCCC(=O)OCCOCCNC(=O)CCS)C(C(C)(C)C)C(O)C3O)C2NC(C)=O)C(O)C1O. The Balaban J connectivity index is 1.36. The Labute approximate surface area is 511 Å². The van der Waals surface area contributed by atoms with Gasteiger partial charge >= 0.3 is 5.97 Å². The van der Waals surface area contributed by atoms with E-state index in [2.05, 4.69) is 39.2 Å². The van der Waals surface area contributed by atoms with Gasteiger partial charge in [0, 0.05) is 58.7 Å². The fraction of sp³-hybridized carbons (Fsp3) is 0.873. The first kappa shape index (κ1) is 75.4.